The summed E-state index contributed by atoms with van der Waals surface area (Å²) in [5, 5.41) is 4.10. The van der Waals surface area contributed by atoms with Crippen LogP contribution in [0.15, 0.2) is 79.0 Å². The number of H-pyrrole nitrogens is 1. The number of rotatable bonds is 6. The fraction of sp³-hybridized carbons (Fsp3) is 0.160. The van der Waals surface area contributed by atoms with Crippen LogP contribution in [0, 0.1) is 12.7 Å². The van der Waals surface area contributed by atoms with Crippen molar-refractivity contribution in [3.8, 4) is 0 Å². The van der Waals surface area contributed by atoms with Crippen LogP contribution in [-0.4, -0.2) is 10.9 Å². The number of aromatic nitrogens is 1. The third-order valence-corrected chi connectivity index (χ3v) is 5.23. The van der Waals surface area contributed by atoms with E-state index in [4.69, 9.17) is 0 Å². The van der Waals surface area contributed by atoms with Crippen LogP contribution in [0.3, 0.4) is 0 Å². The summed E-state index contributed by atoms with van der Waals surface area (Å²) in [6, 6.07) is 22.6. The Hall–Kier alpha value is -3.40. The normalized spacial score (nSPS) is 12.1. The number of aryl methyl sites for hydroxylation is 1. The van der Waals surface area contributed by atoms with Gasteiger partial charge in [-0.1, -0.05) is 60.2 Å². The molecule has 146 valence electrons. The van der Waals surface area contributed by atoms with Gasteiger partial charge in [-0.2, -0.15) is 0 Å². The van der Waals surface area contributed by atoms with Crippen molar-refractivity contribution in [2.24, 2.45) is 0 Å². The van der Waals surface area contributed by atoms with E-state index >= 15 is 0 Å². The molecule has 0 saturated heterocycles. The number of aromatic amines is 1. The van der Waals surface area contributed by atoms with Gasteiger partial charge in [0.1, 0.15) is 5.82 Å². The Balaban J connectivity index is 1.58. The monoisotopic (exact) mass is 386 g/mol. The molecule has 0 aliphatic rings. The van der Waals surface area contributed by atoms with Crippen LogP contribution >= 0.6 is 0 Å². The summed E-state index contributed by atoms with van der Waals surface area (Å²) < 4.78 is 13.1. The second-order valence-corrected chi connectivity index (χ2v) is 7.36. The first-order chi connectivity index (χ1) is 14.1. The summed E-state index contributed by atoms with van der Waals surface area (Å²) in [5.74, 6) is -0.371. The van der Waals surface area contributed by atoms with E-state index in [9.17, 15) is 9.18 Å². The van der Waals surface area contributed by atoms with Gasteiger partial charge in [0.25, 0.3) is 0 Å². The SMILES string of the molecule is Cc1cccc(C(CC(=O)NCc2ccc(F)cc2)c2c[nH]c3ccccc23)c1. The Kier molecular flexibility index (Phi) is 5.43. The van der Waals surface area contributed by atoms with Gasteiger partial charge in [0.15, 0.2) is 0 Å². The third kappa shape index (κ3) is 4.37. The number of halogens is 1. The molecule has 1 heterocycles. The van der Waals surface area contributed by atoms with Gasteiger partial charge in [-0.05, 0) is 41.8 Å². The molecule has 3 nitrogen and oxygen atoms in total. The van der Waals surface area contributed by atoms with Crippen LogP contribution in [0.4, 0.5) is 4.39 Å². The number of hydrogen-bond donors (Lipinski definition) is 2. The molecule has 0 spiro atoms. The number of hydrogen-bond acceptors (Lipinski definition) is 1. The molecular formula is C25H23FN2O. The Morgan fingerprint density at radius 2 is 1.83 bits per heavy atom. The molecule has 0 bridgehead atoms. The predicted molar refractivity (Wildman–Crippen MR) is 114 cm³/mol. The van der Waals surface area contributed by atoms with Crippen LogP contribution in [0.1, 0.15) is 34.6 Å². The molecule has 29 heavy (non-hydrogen) atoms. The van der Waals surface area contributed by atoms with Gasteiger partial charge in [-0.25, -0.2) is 4.39 Å². The zero-order chi connectivity index (χ0) is 20.2. The average molecular weight is 386 g/mol. The topological polar surface area (TPSA) is 44.9 Å². The zero-order valence-corrected chi connectivity index (χ0v) is 16.3. The van der Waals surface area contributed by atoms with E-state index in [0.717, 1.165) is 27.6 Å². The van der Waals surface area contributed by atoms with Crippen molar-refractivity contribution in [3.63, 3.8) is 0 Å². The maximum Gasteiger partial charge on any atom is 0.221 e. The third-order valence-electron chi connectivity index (χ3n) is 5.23. The first-order valence-corrected chi connectivity index (χ1v) is 9.74. The van der Waals surface area contributed by atoms with Gasteiger partial charge in [-0.3, -0.25) is 4.79 Å². The number of fused-ring (bicyclic) bond motifs is 1. The summed E-state index contributed by atoms with van der Waals surface area (Å²) in [4.78, 5) is 16.1. The number of benzene rings is 3. The number of amides is 1. The largest absolute Gasteiger partial charge is 0.361 e. The molecule has 0 radical (unpaired) electrons. The Morgan fingerprint density at radius 3 is 2.62 bits per heavy atom. The van der Waals surface area contributed by atoms with E-state index in [1.165, 1.54) is 17.7 Å². The Morgan fingerprint density at radius 1 is 1.03 bits per heavy atom. The molecule has 1 amide bonds. The number of para-hydroxylation sites is 1. The van der Waals surface area contributed by atoms with Crippen molar-refractivity contribution in [1.29, 1.82) is 0 Å². The minimum absolute atomic E-state index is 0.0360. The van der Waals surface area contributed by atoms with Crippen LogP contribution in [0.5, 0.6) is 0 Å². The van der Waals surface area contributed by atoms with Crippen LogP contribution in [-0.2, 0) is 11.3 Å². The van der Waals surface area contributed by atoms with Gasteiger partial charge in [0.05, 0.1) is 0 Å². The molecule has 4 aromatic rings. The lowest BCUT2D eigenvalue weighted by atomic mass is 9.87. The minimum Gasteiger partial charge on any atom is -0.361 e. The lowest BCUT2D eigenvalue weighted by Crippen LogP contribution is -2.25. The molecule has 1 atom stereocenters. The van der Waals surface area contributed by atoms with Crippen LogP contribution < -0.4 is 5.32 Å². The van der Waals surface area contributed by atoms with E-state index in [1.807, 2.05) is 30.5 Å². The van der Waals surface area contributed by atoms with E-state index in [2.05, 4.69) is 41.5 Å². The highest BCUT2D eigenvalue weighted by Crippen LogP contribution is 2.33. The summed E-state index contributed by atoms with van der Waals surface area (Å²) in [5.41, 5.74) is 5.33. The van der Waals surface area contributed by atoms with E-state index in [1.54, 1.807) is 12.1 Å². The van der Waals surface area contributed by atoms with Gasteiger partial charge in [0.2, 0.25) is 5.91 Å². The first-order valence-electron chi connectivity index (χ1n) is 9.74. The Bertz CT molecular complexity index is 1130. The summed E-state index contributed by atoms with van der Waals surface area (Å²) >= 11 is 0. The van der Waals surface area contributed by atoms with Crippen LogP contribution in [0.25, 0.3) is 10.9 Å². The molecule has 2 N–H and O–H groups in total. The number of nitrogens with one attached hydrogen (secondary N) is 2. The quantitative estimate of drug-likeness (QED) is 0.454. The fourth-order valence-electron chi connectivity index (χ4n) is 3.74. The lowest BCUT2D eigenvalue weighted by Gasteiger charge is -2.18. The zero-order valence-electron chi connectivity index (χ0n) is 16.3. The van der Waals surface area contributed by atoms with Crippen molar-refractivity contribution >= 4 is 16.8 Å². The molecule has 4 heteroatoms. The molecular weight excluding hydrogens is 363 g/mol. The van der Waals surface area contributed by atoms with Crippen molar-refractivity contribution < 1.29 is 9.18 Å². The van der Waals surface area contributed by atoms with Gasteiger partial charge in [0, 0.05) is 36.0 Å². The van der Waals surface area contributed by atoms with Crippen molar-refractivity contribution in [1.82, 2.24) is 10.3 Å². The van der Waals surface area contributed by atoms with E-state index in [0.29, 0.717) is 13.0 Å². The second kappa shape index (κ2) is 8.31. The van der Waals surface area contributed by atoms with Gasteiger partial charge < -0.3 is 10.3 Å². The minimum atomic E-state index is -0.279. The molecule has 0 aliphatic heterocycles. The molecule has 0 fully saturated rings. The molecule has 1 unspecified atom stereocenters. The van der Waals surface area contributed by atoms with Gasteiger partial charge >= 0.3 is 0 Å². The van der Waals surface area contributed by atoms with E-state index in [-0.39, 0.29) is 17.6 Å². The highest BCUT2D eigenvalue weighted by Gasteiger charge is 2.21. The maximum absolute atomic E-state index is 13.1. The predicted octanol–water partition coefficient (Wildman–Crippen LogP) is 5.45. The smallest absolute Gasteiger partial charge is 0.221 e. The average Bonchev–Trinajstić information content (AvgIpc) is 3.15. The molecule has 0 saturated carbocycles. The summed E-state index contributed by atoms with van der Waals surface area (Å²) in [7, 11) is 0. The Labute approximate surface area is 169 Å². The van der Waals surface area contributed by atoms with Crippen LogP contribution in [0.2, 0.25) is 0 Å². The highest BCUT2D eigenvalue weighted by atomic mass is 19.1. The second-order valence-electron chi connectivity index (χ2n) is 7.36. The van der Waals surface area contributed by atoms with Crippen molar-refractivity contribution in [2.75, 3.05) is 0 Å². The van der Waals surface area contributed by atoms with Crippen molar-refractivity contribution in [3.05, 3.63) is 107 Å². The van der Waals surface area contributed by atoms with Gasteiger partial charge in [-0.15, -0.1) is 0 Å². The first kappa shape index (κ1) is 18.9. The number of carbonyl (C=O) groups excluding carboxylic acids is 1. The standard InChI is InChI=1S/C25H23FN2O/c1-17-5-4-6-19(13-17)22(23-16-27-24-8-3-2-7-21(23)24)14-25(29)28-15-18-9-11-20(26)12-10-18/h2-13,16,22,27H,14-15H2,1H3,(H,28,29). The fourth-order valence-corrected chi connectivity index (χ4v) is 3.74. The lowest BCUT2D eigenvalue weighted by molar-refractivity contribution is -0.121. The van der Waals surface area contributed by atoms with Crippen molar-refractivity contribution in [2.45, 2.75) is 25.8 Å². The van der Waals surface area contributed by atoms with E-state index < -0.39 is 0 Å². The molecule has 3 aromatic carbocycles. The molecule has 1 aromatic heterocycles. The summed E-state index contributed by atoms with van der Waals surface area (Å²) in [6.45, 7) is 2.44. The summed E-state index contributed by atoms with van der Waals surface area (Å²) in [6.07, 6.45) is 2.34. The molecule has 0 aliphatic carbocycles. The maximum atomic E-state index is 13.1. The molecule has 4 rings (SSSR count). The number of carbonyl (C=O) groups is 1. The highest BCUT2D eigenvalue weighted by molar-refractivity contribution is 5.86.